The Morgan fingerprint density at radius 3 is 2.71 bits per heavy atom. The summed E-state index contributed by atoms with van der Waals surface area (Å²) in [6.45, 7) is 3.56. The number of carbonyl (C=O) groups excluding carboxylic acids is 1. The molecule has 21 heavy (non-hydrogen) atoms. The van der Waals surface area contributed by atoms with E-state index < -0.39 is 4.92 Å². The molecule has 0 saturated carbocycles. The average Bonchev–Trinajstić information content (AvgIpc) is 2.45. The van der Waals surface area contributed by atoms with Gasteiger partial charge in [-0.25, -0.2) is 0 Å². The second-order valence-corrected chi connectivity index (χ2v) is 5.85. The number of amides is 1. The molecule has 0 radical (unpaired) electrons. The van der Waals surface area contributed by atoms with Crippen LogP contribution in [0.3, 0.4) is 0 Å². The van der Waals surface area contributed by atoms with Gasteiger partial charge in [-0.3, -0.25) is 14.9 Å². The van der Waals surface area contributed by atoms with E-state index >= 15 is 0 Å². The van der Waals surface area contributed by atoms with Crippen LogP contribution in [0.25, 0.3) is 0 Å². The number of nitro groups is 1. The summed E-state index contributed by atoms with van der Waals surface area (Å²) in [6, 6.07) is 4.46. The van der Waals surface area contributed by atoms with Crippen molar-refractivity contribution in [3.05, 3.63) is 33.9 Å². The van der Waals surface area contributed by atoms with Crippen molar-refractivity contribution in [1.29, 1.82) is 0 Å². The molecule has 1 aliphatic rings. The average molecular weight is 291 g/mol. The fourth-order valence-corrected chi connectivity index (χ4v) is 2.74. The Balaban J connectivity index is 2.37. The number of non-ortho nitro benzene ring substituents is 1. The zero-order valence-electron chi connectivity index (χ0n) is 12.7. The summed E-state index contributed by atoms with van der Waals surface area (Å²) < 4.78 is 0. The Hall–Kier alpha value is -2.11. The van der Waals surface area contributed by atoms with E-state index in [0.29, 0.717) is 23.7 Å². The van der Waals surface area contributed by atoms with Crippen LogP contribution in [-0.2, 0) is 0 Å². The van der Waals surface area contributed by atoms with Crippen LogP contribution in [-0.4, -0.2) is 42.9 Å². The number of hydrogen-bond donors (Lipinski definition) is 0. The highest BCUT2D eigenvalue weighted by Crippen LogP contribution is 2.27. The van der Waals surface area contributed by atoms with Gasteiger partial charge in [0.2, 0.25) is 0 Å². The van der Waals surface area contributed by atoms with Gasteiger partial charge in [0.15, 0.2) is 0 Å². The first kappa shape index (κ1) is 15.3. The first-order chi connectivity index (χ1) is 9.90. The molecular formula is C15H21N3O3. The van der Waals surface area contributed by atoms with Crippen LogP contribution in [0.15, 0.2) is 18.2 Å². The quantitative estimate of drug-likeness (QED) is 0.634. The van der Waals surface area contributed by atoms with E-state index in [9.17, 15) is 14.9 Å². The van der Waals surface area contributed by atoms with Gasteiger partial charge in [0, 0.05) is 45.0 Å². The van der Waals surface area contributed by atoms with Crippen molar-refractivity contribution in [2.45, 2.75) is 19.8 Å². The molecule has 0 aromatic heterocycles. The van der Waals surface area contributed by atoms with Gasteiger partial charge in [0.1, 0.15) is 0 Å². The van der Waals surface area contributed by atoms with Crippen LogP contribution in [0.5, 0.6) is 0 Å². The number of carbonyl (C=O) groups is 1. The zero-order valence-corrected chi connectivity index (χ0v) is 12.7. The summed E-state index contributed by atoms with van der Waals surface area (Å²) >= 11 is 0. The van der Waals surface area contributed by atoms with Crippen LogP contribution in [0.1, 0.15) is 30.1 Å². The number of hydrogen-bond acceptors (Lipinski definition) is 4. The molecule has 2 rings (SSSR count). The van der Waals surface area contributed by atoms with Crippen molar-refractivity contribution < 1.29 is 9.72 Å². The van der Waals surface area contributed by atoms with Gasteiger partial charge in [-0.1, -0.05) is 6.92 Å². The smallest absolute Gasteiger partial charge is 0.270 e. The van der Waals surface area contributed by atoms with E-state index in [1.54, 1.807) is 11.0 Å². The van der Waals surface area contributed by atoms with E-state index in [4.69, 9.17) is 0 Å². The third-order valence-electron chi connectivity index (χ3n) is 3.85. The largest absolute Gasteiger partial charge is 0.377 e. The number of anilines is 1. The van der Waals surface area contributed by atoms with Gasteiger partial charge in [0.25, 0.3) is 11.6 Å². The maximum Gasteiger partial charge on any atom is 0.270 e. The molecule has 1 fully saturated rings. The summed E-state index contributed by atoms with van der Waals surface area (Å²) in [4.78, 5) is 26.8. The van der Waals surface area contributed by atoms with E-state index in [1.807, 2.05) is 19.0 Å². The normalized spacial score (nSPS) is 18.4. The van der Waals surface area contributed by atoms with Gasteiger partial charge in [-0.05, 0) is 24.8 Å². The molecule has 6 nitrogen and oxygen atoms in total. The molecule has 0 bridgehead atoms. The number of piperidine rings is 1. The minimum atomic E-state index is -0.463. The number of rotatable bonds is 3. The van der Waals surface area contributed by atoms with Crippen LogP contribution in [0.4, 0.5) is 11.4 Å². The Morgan fingerprint density at radius 1 is 1.43 bits per heavy atom. The molecule has 1 aromatic rings. The van der Waals surface area contributed by atoms with Crippen molar-refractivity contribution in [1.82, 2.24) is 4.90 Å². The van der Waals surface area contributed by atoms with E-state index in [1.165, 1.54) is 12.1 Å². The highest BCUT2D eigenvalue weighted by molar-refractivity contribution is 6.00. The van der Waals surface area contributed by atoms with E-state index in [2.05, 4.69) is 6.92 Å². The summed E-state index contributed by atoms with van der Waals surface area (Å²) in [6.07, 6.45) is 2.11. The third kappa shape index (κ3) is 3.32. The molecule has 1 heterocycles. The highest BCUT2D eigenvalue weighted by Gasteiger charge is 2.26. The molecule has 114 valence electrons. The molecule has 6 heteroatoms. The molecule has 0 aliphatic carbocycles. The van der Waals surface area contributed by atoms with Gasteiger partial charge in [-0.2, -0.15) is 0 Å². The minimum absolute atomic E-state index is 0.0472. The molecule has 0 N–H and O–H groups in total. The number of likely N-dealkylation sites (tertiary alicyclic amines) is 1. The maximum absolute atomic E-state index is 12.7. The Labute approximate surface area is 124 Å². The number of benzene rings is 1. The van der Waals surface area contributed by atoms with Gasteiger partial charge in [-0.15, -0.1) is 0 Å². The lowest BCUT2D eigenvalue weighted by Crippen LogP contribution is -2.39. The highest BCUT2D eigenvalue weighted by atomic mass is 16.6. The summed E-state index contributed by atoms with van der Waals surface area (Å²) in [5.74, 6) is 0.359. The van der Waals surface area contributed by atoms with E-state index in [-0.39, 0.29) is 11.6 Å². The topological polar surface area (TPSA) is 66.7 Å². The van der Waals surface area contributed by atoms with Crippen LogP contribution in [0, 0.1) is 16.0 Å². The second kappa shape index (κ2) is 6.11. The fraction of sp³-hybridized carbons (Fsp3) is 0.533. The third-order valence-corrected chi connectivity index (χ3v) is 3.85. The van der Waals surface area contributed by atoms with E-state index in [0.717, 1.165) is 19.4 Å². The zero-order chi connectivity index (χ0) is 15.6. The Morgan fingerprint density at radius 2 is 2.14 bits per heavy atom. The van der Waals surface area contributed by atoms with Crippen molar-refractivity contribution in [3.8, 4) is 0 Å². The van der Waals surface area contributed by atoms with Gasteiger partial charge in [0.05, 0.1) is 10.5 Å². The molecule has 1 atom stereocenters. The van der Waals surface area contributed by atoms with Gasteiger partial charge < -0.3 is 9.80 Å². The van der Waals surface area contributed by atoms with Crippen molar-refractivity contribution >= 4 is 17.3 Å². The minimum Gasteiger partial charge on any atom is -0.377 e. The van der Waals surface area contributed by atoms with Crippen LogP contribution >= 0.6 is 0 Å². The second-order valence-electron chi connectivity index (χ2n) is 5.85. The predicted molar refractivity (Wildman–Crippen MR) is 81.7 cm³/mol. The van der Waals surface area contributed by atoms with Crippen molar-refractivity contribution in [3.63, 3.8) is 0 Å². The van der Waals surface area contributed by atoms with Gasteiger partial charge >= 0.3 is 0 Å². The Kier molecular flexibility index (Phi) is 4.45. The lowest BCUT2D eigenvalue weighted by Gasteiger charge is -2.32. The lowest BCUT2D eigenvalue weighted by atomic mass is 9.99. The molecule has 1 aliphatic heterocycles. The SMILES string of the molecule is CC1CCCN(C(=O)c2cc([N+](=O)[O-])ccc2N(C)C)C1. The Bertz CT molecular complexity index is 557. The molecular weight excluding hydrogens is 270 g/mol. The molecule has 1 saturated heterocycles. The molecule has 1 amide bonds. The molecule has 1 unspecified atom stereocenters. The lowest BCUT2D eigenvalue weighted by molar-refractivity contribution is -0.384. The first-order valence-electron chi connectivity index (χ1n) is 7.15. The summed E-state index contributed by atoms with van der Waals surface area (Å²) in [5.41, 5.74) is 1.07. The molecule has 0 spiro atoms. The summed E-state index contributed by atoms with van der Waals surface area (Å²) in [7, 11) is 3.66. The maximum atomic E-state index is 12.7. The van der Waals surface area contributed by atoms with Crippen LogP contribution in [0.2, 0.25) is 0 Å². The number of nitrogens with zero attached hydrogens (tertiary/aromatic N) is 3. The first-order valence-corrected chi connectivity index (χ1v) is 7.15. The number of nitro benzene ring substituents is 1. The fourth-order valence-electron chi connectivity index (χ4n) is 2.74. The summed E-state index contributed by atoms with van der Waals surface area (Å²) in [5, 5.41) is 11.0. The van der Waals surface area contributed by atoms with Crippen molar-refractivity contribution in [2.24, 2.45) is 5.92 Å². The van der Waals surface area contributed by atoms with Crippen LogP contribution < -0.4 is 4.90 Å². The monoisotopic (exact) mass is 291 g/mol. The standard InChI is InChI=1S/C15H21N3O3/c1-11-5-4-8-17(10-11)15(19)13-9-12(18(20)21)6-7-14(13)16(2)3/h6-7,9,11H,4-5,8,10H2,1-3H3. The predicted octanol–water partition coefficient (Wildman–Crippen LogP) is 2.53. The molecule has 1 aromatic carbocycles. The van der Waals surface area contributed by atoms with Crippen molar-refractivity contribution in [2.75, 3.05) is 32.1 Å².